The summed E-state index contributed by atoms with van der Waals surface area (Å²) in [5.74, 6) is -0.266. The van der Waals surface area contributed by atoms with Gasteiger partial charge in [-0.1, -0.05) is 13.8 Å². The third-order valence-corrected chi connectivity index (χ3v) is 2.63. The average Bonchev–Trinajstić information content (AvgIpc) is 2.32. The third kappa shape index (κ3) is 2.25. The molecule has 0 fully saturated rings. The molecule has 94 valence electrons. The Morgan fingerprint density at radius 1 is 1.17 bits per heavy atom. The van der Waals surface area contributed by atoms with Crippen LogP contribution in [-0.2, 0) is 0 Å². The zero-order valence-corrected chi connectivity index (χ0v) is 10.2. The van der Waals surface area contributed by atoms with Crippen molar-refractivity contribution in [1.82, 2.24) is 9.97 Å². The van der Waals surface area contributed by atoms with Gasteiger partial charge in [0.05, 0.1) is 11.4 Å². The van der Waals surface area contributed by atoms with Gasteiger partial charge in [0, 0.05) is 5.56 Å². The summed E-state index contributed by atoms with van der Waals surface area (Å²) in [6.07, 6.45) is 0. The molecule has 0 saturated heterocycles. The van der Waals surface area contributed by atoms with Crippen LogP contribution < -0.4 is 5.73 Å². The first-order valence-corrected chi connectivity index (χ1v) is 5.61. The van der Waals surface area contributed by atoms with Crippen molar-refractivity contribution in [3.63, 3.8) is 0 Å². The fourth-order valence-corrected chi connectivity index (χ4v) is 1.74. The van der Waals surface area contributed by atoms with Gasteiger partial charge in [-0.3, -0.25) is 0 Å². The van der Waals surface area contributed by atoms with Crippen molar-refractivity contribution in [2.45, 2.75) is 19.8 Å². The Morgan fingerprint density at radius 2 is 1.78 bits per heavy atom. The van der Waals surface area contributed by atoms with Crippen LogP contribution in [0.15, 0.2) is 24.3 Å². The van der Waals surface area contributed by atoms with E-state index in [1.807, 2.05) is 13.8 Å². The fourth-order valence-electron chi connectivity index (χ4n) is 1.74. The smallest absolute Gasteiger partial charge is 0.314 e. The summed E-state index contributed by atoms with van der Waals surface area (Å²) in [6, 6.07) is 5.45. The molecule has 0 spiro atoms. The number of nitrogens with zero attached hydrogens (tertiary/aromatic N) is 2. The normalized spacial score (nSPS) is 10.9. The molecule has 2 rings (SSSR count). The van der Waals surface area contributed by atoms with E-state index in [2.05, 4.69) is 9.97 Å². The van der Waals surface area contributed by atoms with Gasteiger partial charge in [0.25, 0.3) is 0 Å². The molecule has 1 aromatic heterocycles. The number of hydrogen-bond acceptors (Lipinski definition) is 4. The highest BCUT2D eigenvalue weighted by molar-refractivity contribution is 5.74. The number of hydrogen-bond donors (Lipinski definition) is 2. The lowest BCUT2D eigenvalue weighted by Crippen LogP contribution is -2.04. The van der Waals surface area contributed by atoms with Crippen LogP contribution in [0.3, 0.4) is 0 Å². The number of rotatable bonds is 2. The number of nitrogens with two attached hydrogens (primary N) is 1. The van der Waals surface area contributed by atoms with Gasteiger partial charge in [-0.05, 0) is 30.2 Å². The molecular formula is C13H14FN3O. The summed E-state index contributed by atoms with van der Waals surface area (Å²) in [4.78, 5) is 7.83. The van der Waals surface area contributed by atoms with Crippen LogP contribution in [-0.4, -0.2) is 15.1 Å². The van der Waals surface area contributed by atoms with Gasteiger partial charge in [0.2, 0.25) is 0 Å². The minimum atomic E-state index is -0.334. The molecule has 18 heavy (non-hydrogen) atoms. The highest BCUT2D eigenvalue weighted by Crippen LogP contribution is 2.31. The summed E-state index contributed by atoms with van der Waals surface area (Å²) in [6.45, 7) is 3.85. The fraction of sp³-hybridized carbons (Fsp3) is 0.231. The largest absolute Gasteiger partial charge is 0.479 e. The highest BCUT2D eigenvalue weighted by atomic mass is 19.1. The lowest BCUT2D eigenvalue weighted by molar-refractivity contribution is 0.428. The van der Waals surface area contributed by atoms with E-state index in [1.165, 1.54) is 12.1 Å². The zero-order chi connectivity index (χ0) is 13.3. The molecule has 5 heteroatoms. The van der Waals surface area contributed by atoms with E-state index in [0.29, 0.717) is 22.6 Å². The second-order valence-electron chi connectivity index (χ2n) is 4.33. The molecule has 2 aromatic rings. The quantitative estimate of drug-likeness (QED) is 0.855. The second kappa shape index (κ2) is 4.60. The molecule has 0 bridgehead atoms. The third-order valence-electron chi connectivity index (χ3n) is 2.63. The van der Waals surface area contributed by atoms with Gasteiger partial charge in [0.1, 0.15) is 11.5 Å². The molecule has 1 aromatic carbocycles. The molecule has 0 aliphatic carbocycles. The van der Waals surface area contributed by atoms with Gasteiger partial charge in [-0.2, -0.15) is 9.97 Å². The maximum atomic E-state index is 12.9. The minimum absolute atomic E-state index is 0.0677. The van der Waals surface area contributed by atoms with Crippen molar-refractivity contribution in [3.05, 3.63) is 35.8 Å². The van der Waals surface area contributed by atoms with E-state index < -0.39 is 0 Å². The maximum Gasteiger partial charge on any atom is 0.314 e. The predicted molar refractivity (Wildman–Crippen MR) is 67.6 cm³/mol. The van der Waals surface area contributed by atoms with E-state index in [4.69, 9.17) is 5.73 Å². The second-order valence-corrected chi connectivity index (χ2v) is 4.33. The Kier molecular flexibility index (Phi) is 3.14. The van der Waals surface area contributed by atoms with Crippen LogP contribution >= 0.6 is 0 Å². The van der Waals surface area contributed by atoms with Crippen LogP contribution in [0.25, 0.3) is 11.3 Å². The summed E-state index contributed by atoms with van der Waals surface area (Å²) < 4.78 is 12.9. The molecule has 1 heterocycles. The van der Waals surface area contributed by atoms with Gasteiger partial charge in [-0.25, -0.2) is 4.39 Å². The van der Waals surface area contributed by atoms with Crippen LogP contribution in [0.5, 0.6) is 6.01 Å². The van der Waals surface area contributed by atoms with Gasteiger partial charge in [0.15, 0.2) is 0 Å². The number of halogens is 1. The van der Waals surface area contributed by atoms with Crippen LogP contribution in [0, 0.1) is 5.82 Å². The minimum Gasteiger partial charge on any atom is -0.479 e. The predicted octanol–water partition coefficient (Wildman–Crippen LogP) is 2.69. The van der Waals surface area contributed by atoms with Crippen molar-refractivity contribution in [1.29, 1.82) is 0 Å². The Morgan fingerprint density at radius 3 is 2.33 bits per heavy atom. The van der Waals surface area contributed by atoms with Crippen molar-refractivity contribution in [3.8, 4) is 17.3 Å². The Bertz CT molecular complexity index is 567. The first kappa shape index (κ1) is 12.3. The molecule has 4 nitrogen and oxygen atoms in total. The summed E-state index contributed by atoms with van der Waals surface area (Å²) in [5, 5.41) is 9.53. The van der Waals surface area contributed by atoms with E-state index in [0.717, 1.165) is 0 Å². The monoisotopic (exact) mass is 247 g/mol. The number of benzene rings is 1. The molecule has 0 amide bonds. The van der Waals surface area contributed by atoms with Gasteiger partial charge in [-0.15, -0.1) is 0 Å². The number of aromatic nitrogens is 2. The van der Waals surface area contributed by atoms with Crippen LogP contribution in [0.4, 0.5) is 10.1 Å². The van der Waals surface area contributed by atoms with Crippen LogP contribution in [0.2, 0.25) is 0 Å². The summed E-state index contributed by atoms with van der Waals surface area (Å²) >= 11 is 0. The topological polar surface area (TPSA) is 72.0 Å². The zero-order valence-electron chi connectivity index (χ0n) is 10.2. The van der Waals surface area contributed by atoms with Gasteiger partial charge < -0.3 is 10.8 Å². The van der Waals surface area contributed by atoms with E-state index in [1.54, 1.807) is 12.1 Å². The number of nitrogen functional groups attached to an aromatic ring is 1. The first-order valence-electron chi connectivity index (χ1n) is 5.61. The molecule has 3 N–H and O–H groups in total. The maximum absolute atomic E-state index is 12.9. The lowest BCUT2D eigenvalue weighted by atomic mass is 10.0. The van der Waals surface area contributed by atoms with E-state index in [9.17, 15) is 9.50 Å². The molecule has 0 unspecified atom stereocenters. The van der Waals surface area contributed by atoms with Crippen molar-refractivity contribution in [2.75, 3.05) is 5.73 Å². The SMILES string of the molecule is CC(C)c1nc(O)nc(-c2ccc(F)cc2)c1N. The molecule has 0 radical (unpaired) electrons. The molecule has 0 atom stereocenters. The lowest BCUT2D eigenvalue weighted by Gasteiger charge is -2.12. The van der Waals surface area contributed by atoms with Crippen LogP contribution in [0.1, 0.15) is 25.5 Å². The standard InChI is InChI=1S/C13H14FN3O/c1-7(2)11-10(15)12(17-13(18)16-11)8-3-5-9(14)6-4-8/h3-7H,15H2,1-2H3,(H,16,17,18). The summed E-state index contributed by atoms with van der Waals surface area (Å²) in [7, 11) is 0. The first-order chi connectivity index (χ1) is 8.49. The van der Waals surface area contributed by atoms with Crippen molar-refractivity contribution >= 4 is 5.69 Å². The highest BCUT2D eigenvalue weighted by Gasteiger charge is 2.15. The van der Waals surface area contributed by atoms with Gasteiger partial charge >= 0.3 is 6.01 Å². The molecule has 0 saturated carbocycles. The van der Waals surface area contributed by atoms with Crippen molar-refractivity contribution in [2.24, 2.45) is 0 Å². The summed E-state index contributed by atoms with van der Waals surface area (Å²) in [5.41, 5.74) is 8.06. The van der Waals surface area contributed by atoms with E-state index >= 15 is 0 Å². The number of anilines is 1. The molecule has 0 aliphatic rings. The average molecular weight is 247 g/mol. The molecule has 0 aliphatic heterocycles. The van der Waals surface area contributed by atoms with E-state index in [-0.39, 0.29) is 17.7 Å². The Balaban J connectivity index is 2.60. The Hall–Kier alpha value is -2.17. The molecular weight excluding hydrogens is 233 g/mol. The van der Waals surface area contributed by atoms with Crippen molar-refractivity contribution < 1.29 is 9.50 Å². The number of aromatic hydroxyl groups is 1. The Labute approximate surface area is 104 Å².